The third-order valence-corrected chi connectivity index (χ3v) is 4.24. The molecule has 0 bridgehead atoms. The Labute approximate surface area is 117 Å². The van der Waals surface area contributed by atoms with Crippen LogP contribution in [0.5, 0.6) is 11.5 Å². The van der Waals surface area contributed by atoms with Crippen molar-refractivity contribution in [1.29, 1.82) is 0 Å². The summed E-state index contributed by atoms with van der Waals surface area (Å²) in [6.45, 7) is 2.21. The molecular formula is C14H21IO2. The highest BCUT2D eigenvalue weighted by atomic mass is 127. The third kappa shape index (κ3) is 4.74. The number of aromatic hydroxyl groups is 2. The van der Waals surface area contributed by atoms with E-state index in [9.17, 15) is 10.2 Å². The molecule has 0 saturated carbocycles. The second-order valence-corrected chi connectivity index (χ2v) is 5.89. The number of halogens is 1. The largest absolute Gasteiger partial charge is 0.504 e. The van der Waals surface area contributed by atoms with Gasteiger partial charge >= 0.3 is 0 Å². The molecule has 2 nitrogen and oxygen atoms in total. The minimum Gasteiger partial charge on any atom is -0.504 e. The van der Waals surface area contributed by atoms with Crippen molar-refractivity contribution in [2.75, 3.05) is 0 Å². The Morgan fingerprint density at radius 2 is 1.82 bits per heavy atom. The fraction of sp³-hybridized carbons (Fsp3) is 0.571. The topological polar surface area (TPSA) is 40.5 Å². The Balaban J connectivity index is 2.41. The van der Waals surface area contributed by atoms with Gasteiger partial charge < -0.3 is 10.2 Å². The SMILES string of the molecule is CCCCCCCC(I)c1cccc(O)c1O. The number of phenolic OH excluding ortho intramolecular Hbond substituents is 2. The van der Waals surface area contributed by atoms with E-state index in [2.05, 4.69) is 29.5 Å². The van der Waals surface area contributed by atoms with Crippen molar-refractivity contribution in [3.63, 3.8) is 0 Å². The van der Waals surface area contributed by atoms with Gasteiger partial charge in [-0.3, -0.25) is 0 Å². The average molecular weight is 348 g/mol. The minimum atomic E-state index is -0.0184. The first-order valence-corrected chi connectivity index (χ1v) is 7.56. The standard InChI is InChI=1S/C14H21IO2/c1-2-3-4-5-6-9-12(15)11-8-7-10-13(16)14(11)17/h7-8,10,12,16-17H,2-6,9H2,1H3. The highest BCUT2D eigenvalue weighted by Gasteiger charge is 2.13. The van der Waals surface area contributed by atoms with Gasteiger partial charge in [-0.1, -0.05) is 73.8 Å². The van der Waals surface area contributed by atoms with Crippen LogP contribution in [0.15, 0.2) is 18.2 Å². The lowest BCUT2D eigenvalue weighted by atomic mass is 10.0. The molecule has 2 N–H and O–H groups in total. The Morgan fingerprint density at radius 1 is 1.12 bits per heavy atom. The molecule has 1 unspecified atom stereocenters. The number of alkyl halides is 1. The van der Waals surface area contributed by atoms with Gasteiger partial charge in [0.25, 0.3) is 0 Å². The zero-order valence-electron chi connectivity index (χ0n) is 10.3. The van der Waals surface area contributed by atoms with Gasteiger partial charge in [-0.25, -0.2) is 0 Å². The minimum absolute atomic E-state index is 0.0184. The van der Waals surface area contributed by atoms with E-state index >= 15 is 0 Å². The molecule has 3 heteroatoms. The zero-order chi connectivity index (χ0) is 12.7. The van der Waals surface area contributed by atoms with E-state index in [-0.39, 0.29) is 15.4 Å². The molecule has 0 saturated heterocycles. The van der Waals surface area contributed by atoms with Gasteiger partial charge in [-0.05, 0) is 12.5 Å². The summed E-state index contributed by atoms with van der Waals surface area (Å²) in [6, 6.07) is 5.19. The predicted molar refractivity (Wildman–Crippen MR) is 79.9 cm³/mol. The molecule has 1 aromatic carbocycles. The molecule has 0 heterocycles. The number of phenols is 2. The summed E-state index contributed by atoms with van der Waals surface area (Å²) in [5, 5.41) is 19.2. The van der Waals surface area contributed by atoms with Crippen LogP contribution in [-0.2, 0) is 0 Å². The van der Waals surface area contributed by atoms with Crippen LogP contribution in [-0.4, -0.2) is 10.2 Å². The maximum Gasteiger partial charge on any atom is 0.161 e. The lowest BCUT2D eigenvalue weighted by molar-refractivity contribution is 0.398. The number of rotatable bonds is 7. The summed E-state index contributed by atoms with van der Waals surface area (Å²) in [4.78, 5) is 0. The van der Waals surface area contributed by atoms with Crippen LogP contribution in [0, 0.1) is 0 Å². The van der Waals surface area contributed by atoms with Gasteiger partial charge in [0.1, 0.15) is 0 Å². The molecule has 17 heavy (non-hydrogen) atoms. The molecule has 0 aliphatic heterocycles. The Bertz CT molecular complexity index is 339. The van der Waals surface area contributed by atoms with E-state index in [1.807, 2.05) is 6.07 Å². The zero-order valence-corrected chi connectivity index (χ0v) is 12.5. The number of hydrogen-bond acceptors (Lipinski definition) is 2. The molecule has 96 valence electrons. The van der Waals surface area contributed by atoms with E-state index in [4.69, 9.17) is 0 Å². The smallest absolute Gasteiger partial charge is 0.161 e. The van der Waals surface area contributed by atoms with Crippen molar-refractivity contribution in [3.05, 3.63) is 23.8 Å². The Kier molecular flexibility index (Phi) is 6.70. The first kappa shape index (κ1) is 14.6. The lowest BCUT2D eigenvalue weighted by Gasteiger charge is -2.12. The van der Waals surface area contributed by atoms with Crippen molar-refractivity contribution in [1.82, 2.24) is 0 Å². The van der Waals surface area contributed by atoms with Crippen molar-refractivity contribution < 1.29 is 10.2 Å². The van der Waals surface area contributed by atoms with Crippen LogP contribution in [0.3, 0.4) is 0 Å². The van der Waals surface area contributed by atoms with Crippen molar-refractivity contribution in [2.24, 2.45) is 0 Å². The lowest BCUT2D eigenvalue weighted by Crippen LogP contribution is -1.91. The molecule has 0 radical (unpaired) electrons. The molecule has 0 fully saturated rings. The van der Waals surface area contributed by atoms with Gasteiger partial charge in [-0.15, -0.1) is 0 Å². The van der Waals surface area contributed by atoms with Crippen LogP contribution in [0.25, 0.3) is 0 Å². The monoisotopic (exact) mass is 348 g/mol. The van der Waals surface area contributed by atoms with Crippen molar-refractivity contribution in [3.8, 4) is 11.5 Å². The number of unbranched alkanes of at least 4 members (excludes halogenated alkanes) is 4. The fourth-order valence-corrected chi connectivity index (χ4v) is 2.83. The maximum atomic E-state index is 9.75. The van der Waals surface area contributed by atoms with E-state index in [1.165, 1.54) is 38.2 Å². The normalized spacial score (nSPS) is 12.6. The van der Waals surface area contributed by atoms with Gasteiger partial charge in [-0.2, -0.15) is 0 Å². The maximum absolute atomic E-state index is 9.75. The Hall–Kier alpha value is -0.450. The molecule has 1 rings (SSSR count). The molecule has 0 aliphatic rings. The molecule has 1 atom stereocenters. The first-order valence-electron chi connectivity index (χ1n) is 6.31. The first-order chi connectivity index (χ1) is 8.16. The summed E-state index contributed by atoms with van der Waals surface area (Å²) in [5.41, 5.74) is 0.848. The second kappa shape index (κ2) is 7.80. The summed E-state index contributed by atoms with van der Waals surface area (Å²) in [5.74, 6) is 0.0237. The van der Waals surface area contributed by atoms with E-state index in [0.29, 0.717) is 0 Å². The Morgan fingerprint density at radius 3 is 2.53 bits per heavy atom. The van der Waals surface area contributed by atoms with Crippen LogP contribution in [0.4, 0.5) is 0 Å². The van der Waals surface area contributed by atoms with Gasteiger partial charge in [0.05, 0.1) is 0 Å². The summed E-state index contributed by atoms with van der Waals surface area (Å²) >= 11 is 2.34. The van der Waals surface area contributed by atoms with E-state index in [1.54, 1.807) is 6.07 Å². The number of hydrogen-bond donors (Lipinski definition) is 2. The molecular weight excluding hydrogens is 327 g/mol. The molecule has 0 aliphatic carbocycles. The predicted octanol–water partition coefficient (Wildman–Crippen LogP) is 4.93. The highest BCUT2D eigenvalue weighted by molar-refractivity contribution is 14.1. The molecule has 1 aromatic rings. The van der Waals surface area contributed by atoms with Crippen molar-refractivity contribution >= 4 is 22.6 Å². The molecule has 0 aromatic heterocycles. The summed E-state index contributed by atoms with van der Waals surface area (Å²) < 4.78 is 0.279. The number of benzene rings is 1. The van der Waals surface area contributed by atoms with Gasteiger partial charge in [0.2, 0.25) is 0 Å². The molecule has 0 amide bonds. The van der Waals surface area contributed by atoms with Gasteiger partial charge in [0.15, 0.2) is 11.5 Å². The summed E-state index contributed by atoms with van der Waals surface area (Å²) in [6.07, 6.45) is 7.37. The van der Waals surface area contributed by atoms with E-state index in [0.717, 1.165) is 12.0 Å². The summed E-state index contributed by atoms with van der Waals surface area (Å²) in [7, 11) is 0. The quantitative estimate of drug-likeness (QED) is 0.317. The van der Waals surface area contributed by atoms with Crippen LogP contribution in [0.2, 0.25) is 0 Å². The highest BCUT2D eigenvalue weighted by Crippen LogP contribution is 2.39. The van der Waals surface area contributed by atoms with Crippen molar-refractivity contribution in [2.45, 2.75) is 49.4 Å². The third-order valence-electron chi connectivity index (χ3n) is 2.94. The fourth-order valence-electron chi connectivity index (χ4n) is 1.88. The molecule has 0 spiro atoms. The van der Waals surface area contributed by atoms with E-state index < -0.39 is 0 Å². The van der Waals surface area contributed by atoms with Crippen LogP contribution >= 0.6 is 22.6 Å². The van der Waals surface area contributed by atoms with Gasteiger partial charge in [0, 0.05) is 9.49 Å². The van der Waals surface area contributed by atoms with Crippen LogP contribution < -0.4 is 0 Å². The number of para-hydroxylation sites is 1. The second-order valence-electron chi connectivity index (χ2n) is 4.39. The average Bonchev–Trinajstić information content (AvgIpc) is 2.32. The van der Waals surface area contributed by atoms with Crippen LogP contribution in [0.1, 0.15) is 54.9 Å².